The third-order valence-electron chi connectivity index (χ3n) is 6.26. The minimum atomic E-state index is -0.183. The molecule has 0 spiro atoms. The number of piperidine rings is 1. The molecule has 32 heavy (non-hydrogen) atoms. The normalized spacial score (nSPS) is 25.4. The van der Waals surface area contributed by atoms with E-state index in [9.17, 15) is 5.11 Å². The SMILES string of the molecule is CCCC1=NN(C)C2C(=NCc3ccc(OC)c(Cl)c3)NC(CN3CCC(O)CC3)=NC12. The van der Waals surface area contributed by atoms with Crippen LogP contribution in [-0.4, -0.2) is 84.4 Å². The highest BCUT2D eigenvalue weighted by Gasteiger charge is 2.42. The van der Waals surface area contributed by atoms with Gasteiger partial charge in [0.15, 0.2) is 0 Å². The third-order valence-corrected chi connectivity index (χ3v) is 6.56. The topological polar surface area (TPSA) is 85.0 Å². The average Bonchev–Trinajstić information content (AvgIpc) is 3.09. The van der Waals surface area contributed by atoms with Gasteiger partial charge in [0.05, 0.1) is 37.0 Å². The molecule has 0 amide bonds. The number of hydrazone groups is 1. The van der Waals surface area contributed by atoms with Gasteiger partial charge in [0, 0.05) is 20.1 Å². The van der Waals surface area contributed by atoms with Crippen LogP contribution in [0.4, 0.5) is 0 Å². The number of benzene rings is 1. The zero-order valence-electron chi connectivity index (χ0n) is 19.1. The number of likely N-dealkylation sites (tertiary alicyclic amines) is 1. The van der Waals surface area contributed by atoms with E-state index in [-0.39, 0.29) is 18.2 Å². The molecule has 1 aromatic carbocycles. The van der Waals surface area contributed by atoms with E-state index in [1.807, 2.05) is 30.3 Å². The summed E-state index contributed by atoms with van der Waals surface area (Å²) in [6.45, 7) is 5.16. The molecule has 1 aromatic rings. The molecule has 2 N–H and O–H groups in total. The molecule has 0 aliphatic carbocycles. The highest BCUT2D eigenvalue weighted by Crippen LogP contribution is 2.27. The molecule has 1 saturated heterocycles. The van der Waals surface area contributed by atoms with Gasteiger partial charge in [0.2, 0.25) is 0 Å². The van der Waals surface area contributed by atoms with Crippen LogP contribution >= 0.6 is 11.6 Å². The van der Waals surface area contributed by atoms with Gasteiger partial charge in [-0.1, -0.05) is 31.0 Å². The number of amidine groups is 2. The smallest absolute Gasteiger partial charge is 0.137 e. The van der Waals surface area contributed by atoms with Crippen LogP contribution in [0.15, 0.2) is 33.3 Å². The van der Waals surface area contributed by atoms with E-state index in [4.69, 9.17) is 31.4 Å². The second-order valence-electron chi connectivity index (χ2n) is 8.68. The standard InChI is InChI=1S/C23H33ClN6O2/c1-4-5-18-21-22(29(2)28-18)23(25-13-15-6-7-19(32-3)17(24)12-15)27-20(26-21)14-30-10-8-16(31)9-11-30/h6-7,12,16,21-22,31H,4-5,8-11,13-14H2,1-3H3,(H,25,26,27). The van der Waals surface area contributed by atoms with Crippen molar-refractivity contribution in [3.63, 3.8) is 0 Å². The van der Waals surface area contributed by atoms with Crippen LogP contribution in [0.25, 0.3) is 0 Å². The molecule has 174 valence electrons. The lowest BCUT2D eigenvalue weighted by molar-refractivity contribution is 0.0894. The van der Waals surface area contributed by atoms with Gasteiger partial charge >= 0.3 is 0 Å². The fourth-order valence-electron chi connectivity index (χ4n) is 4.55. The van der Waals surface area contributed by atoms with Crippen molar-refractivity contribution in [2.24, 2.45) is 15.1 Å². The maximum Gasteiger partial charge on any atom is 0.137 e. The Bertz CT molecular complexity index is 910. The first-order valence-corrected chi connectivity index (χ1v) is 11.8. The number of nitrogens with one attached hydrogen (secondary N) is 1. The van der Waals surface area contributed by atoms with E-state index in [1.54, 1.807) is 7.11 Å². The van der Waals surface area contributed by atoms with Crippen molar-refractivity contribution in [1.82, 2.24) is 15.2 Å². The molecule has 3 aliphatic rings. The maximum atomic E-state index is 9.82. The van der Waals surface area contributed by atoms with Crippen LogP contribution in [0.1, 0.15) is 38.2 Å². The number of hydrogen-bond donors (Lipinski definition) is 2. The van der Waals surface area contributed by atoms with Crippen LogP contribution in [0.2, 0.25) is 5.02 Å². The number of aliphatic imine (C=N–C) groups is 2. The van der Waals surface area contributed by atoms with Crippen LogP contribution in [0.5, 0.6) is 5.75 Å². The molecular formula is C23H33ClN6O2. The van der Waals surface area contributed by atoms with Gasteiger partial charge in [-0.05, 0) is 37.0 Å². The zero-order valence-corrected chi connectivity index (χ0v) is 19.8. The van der Waals surface area contributed by atoms with E-state index in [1.165, 1.54) is 0 Å². The molecule has 0 aromatic heterocycles. The Morgan fingerprint density at radius 2 is 2.09 bits per heavy atom. The lowest BCUT2D eigenvalue weighted by atomic mass is 9.98. The lowest BCUT2D eigenvalue weighted by Crippen LogP contribution is -2.56. The van der Waals surface area contributed by atoms with Gasteiger partial charge in [-0.2, -0.15) is 5.10 Å². The first-order valence-electron chi connectivity index (χ1n) is 11.4. The highest BCUT2D eigenvalue weighted by atomic mass is 35.5. The highest BCUT2D eigenvalue weighted by molar-refractivity contribution is 6.32. The van der Waals surface area contributed by atoms with Crippen molar-refractivity contribution >= 4 is 29.0 Å². The fraction of sp³-hybridized carbons (Fsp3) is 0.609. The van der Waals surface area contributed by atoms with Gasteiger partial charge < -0.3 is 15.2 Å². The number of ether oxygens (including phenoxy) is 1. The summed E-state index contributed by atoms with van der Waals surface area (Å²) in [5, 5.41) is 20.7. The molecule has 0 radical (unpaired) electrons. The van der Waals surface area contributed by atoms with Crippen LogP contribution in [-0.2, 0) is 6.54 Å². The monoisotopic (exact) mass is 460 g/mol. The summed E-state index contributed by atoms with van der Waals surface area (Å²) >= 11 is 6.30. The number of aliphatic hydroxyl groups excluding tert-OH is 1. The number of methoxy groups -OCH3 is 1. The molecule has 4 rings (SSSR count). The molecule has 3 aliphatic heterocycles. The number of nitrogens with zero attached hydrogens (tertiary/aromatic N) is 5. The minimum absolute atomic E-state index is 0.00946. The van der Waals surface area contributed by atoms with E-state index in [0.717, 1.165) is 68.3 Å². The number of aliphatic hydroxyl groups is 1. The van der Waals surface area contributed by atoms with Crippen molar-refractivity contribution in [3.05, 3.63) is 28.8 Å². The number of likely N-dealkylation sites (N-methyl/N-ethyl adjacent to an activating group) is 1. The summed E-state index contributed by atoms with van der Waals surface area (Å²) in [6, 6.07) is 5.73. The van der Waals surface area contributed by atoms with Crippen molar-refractivity contribution in [3.8, 4) is 5.75 Å². The summed E-state index contributed by atoms with van der Waals surface area (Å²) in [4.78, 5) is 12.3. The van der Waals surface area contributed by atoms with Gasteiger partial charge in [-0.15, -0.1) is 0 Å². The van der Waals surface area contributed by atoms with Gasteiger partial charge in [-0.25, -0.2) is 0 Å². The summed E-state index contributed by atoms with van der Waals surface area (Å²) in [7, 11) is 3.61. The minimum Gasteiger partial charge on any atom is -0.495 e. The average molecular weight is 461 g/mol. The number of halogens is 1. The molecule has 0 bridgehead atoms. The molecule has 8 nitrogen and oxygen atoms in total. The number of rotatable bonds is 7. The Kier molecular flexibility index (Phi) is 7.33. The first-order chi connectivity index (χ1) is 15.5. The molecular weight excluding hydrogens is 428 g/mol. The van der Waals surface area contributed by atoms with Gasteiger partial charge in [-0.3, -0.25) is 19.9 Å². The first kappa shape index (κ1) is 23.0. The Morgan fingerprint density at radius 1 is 1.31 bits per heavy atom. The number of fused-ring (bicyclic) bond motifs is 1. The quantitative estimate of drug-likeness (QED) is 0.653. The summed E-state index contributed by atoms with van der Waals surface area (Å²) < 4.78 is 5.25. The van der Waals surface area contributed by atoms with Crippen molar-refractivity contribution in [2.75, 3.05) is 33.8 Å². The molecule has 2 unspecified atom stereocenters. The maximum absolute atomic E-state index is 9.82. The summed E-state index contributed by atoms with van der Waals surface area (Å²) in [5.41, 5.74) is 2.14. The number of hydrogen-bond acceptors (Lipinski definition) is 7. The van der Waals surface area contributed by atoms with Crippen molar-refractivity contribution in [2.45, 2.75) is 57.3 Å². The summed E-state index contributed by atoms with van der Waals surface area (Å²) in [5.74, 6) is 2.47. The van der Waals surface area contributed by atoms with E-state index >= 15 is 0 Å². The largest absolute Gasteiger partial charge is 0.495 e. The predicted molar refractivity (Wildman–Crippen MR) is 129 cm³/mol. The van der Waals surface area contributed by atoms with Crippen LogP contribution < -0.4 is 10.1 Å². The molecule has 3 heterocycles. The second-order valence-corrected chi connectivity index (χ2v) is 9.09. The van der Waals surface area contributed by atoms with Crippen molar-refractivity contribution < 1.29 is 9.84 Å². The zero-order chi connectivity index (χ0) is 22.7. The Labute approximate surface area is 195 Å². The van der Waals surface area contributed by atoms with E-state index in [2.05, 4.69) is 17.1 Å². The molecule has 0 saturated carbocycles. The summed E-state index contributed by atoms with van der Waals surface area (Å²) in [6.07, 6.45) is 3.40. The molecule has 2 atom stereocenters. The lowest BCUT2D eigenvalue weighted by Gasteiger charge is -2.34. The Balaban J connectivity index is 1.55. The fourth-order valence-corrected chi connectivity index (χ4v) is 4.83. The van der Waals surface area contributed by atoms with E-state index < -0.39 is 0 Å². The Hall–Kier alpha value is -2.16. The van der Waals surface area contributed by atoms with Crippen LogP contribution in [0, 0.1) is 0 Å². The van der Waals surface area contributed by atoms with E-state index in [0.29, 0.717) is 17.3 Å². The predicted octanol–water partition coefficient (Wildman–Crippen LogP) is 2.54. The second kappa shape index (κ2) is 10.2. The molecule has 9 heteroatoms. The van der Waals surface area contributed by atoms with Gasteiger partial charge in [0.1, 0.15) is 29.5 Å². The van der Waals surface area contributed by atoms with Crippen molar-refractivity contribution in [1.29, 1.82) is 0 Å². The third kappa shape index (κ3) is 5.08. The molecule has 1 fully saturated rings. The Morgan fingerprint density at radius 3 is 2.78 bits per heavy atom. The van der Waals surface area contributed by atoms with Gasteiger partial charge in [0.25, 0.3) is 0 Å². The van der Waals surface area contributed by atoms with Crippen LogP contribution in [0.3, 0.4) is 0 Å².